The van der Waals surface area contributed by atoms with Crippen LogP contribution in [0.15, 0.2) is 89.5 Å². The van der Waals surface area contributed by atoms with Gasteiger partial charge in [0.2, 0.25) is 5.91 Å². The molecule has 0 spiro atoms. The van der Waals surface area contributed by atoms with Crippen molar-refractivity contribution in [3.05, 3.63) is 96.5 Å². The number of amides is 1. The Morgan fingerprint density at radius 1 is 0.909 bits per heavy atom. The van der Waals surface area contributed by atoms with Gasteiger partial charge in [-0.1, -0.05) is 30.3 Å². The summed E-state index contributed by atoms with van der Waals surface area (Å²) in [5, 5.41) is 2.89. The Labute approximate surface area is 193 Å². The first-order valence-corrected chi connectivity index (χ1v) is 10.9. The molecule has 1 aromatic heterocycles. The largest absolute Gasteiger partial charge is 0.494 e. The molecule has 6 heteroatoms. The minimum atomic E-state index is -0.103. The Kier molecular flexibility index (Phi) is 7.38. The molecule has 4 aromatic rings. The van der Waals surface area contributed by atoms with Crippen molar-refractivity contribution in [1.29, 1.82) is 0 Å². The number of aryl methyl sites for hydroxylation is 1. The van der Waals surface area contributed by atoms with Crippen LogP contribution >= 0.6 is 0 Å². The third kappa shape index (κ3) is 6.46. The lowest BCUT2D eigenvalue weighted by molar-refractivity contribution is -0.116. The summed E-state index contributed by atoms with van der Waals surface area (Å²) in [5.74, 6) is 2.65. The first-order chi connectivity index (χ1) is 16.2. The van der Waals surface area contributed by atoms with Gasteiger partial charge < -0.3 is 19.2 Å². The van der Waals surface area contributed by atoms with Crippen molar-refractivity contribution >= 4 is 11.6 Å². The van der Waals surface area contributed by atoms with Crippen molar-refractivity contribution in [3.8, 4) is 22.8 Å². The first kappa shape index (κ1) is 22.1. The van der Waals surface area contributed by atoms with E-state index in [4.69, 9.17) is 13.9 Å². The minimum absolute atomic E-state index is 0.103. The summed E-state index contributed by atoms with van der Waals surface area (Å²) in [6, 6.07) is 25.0. The summed E-state index contributed by atoms with van der Waals surface area (Å²) < 4.78 is 17.0. The van der Waals surface area contributed by atoms with Crippen LogP contribution in [0.4, 0.5) is 5.69 Å². The number of oxazole rings is 1. The van der Waals surface area contributed by atoms with Gasteiger partial charge in [0, 0.05) is 24.1 Å². The summed E-state index contributed by atoms with van der Waals surface area (Å²) in [6.07, 6.45) is 2.37. The van der Waals surface area contributed by atoms with Crippen LogP contribution in [-0.4, -0.2) is 17.5 Å². The number of benzene rings is 3. The molecule has 33 heavy (non-hydrogen) atoms. The van der Waals surface area contributed by atoms with E-state index in [9.17, 15) is 4.79 Å². The molecule has 4 rings (SSSR count). The fourth-order valence-electron chi connectivity index (χ4n) is 3.26. The predicted molar refractivity (Wildman–Crippen MR) is 127 cm³/mol. The first-order valence-electron chi connectivity index (χ1n) is 10.9. The van der Waals surface area contributed by atoms with Crippen LogP contribution in [0.3, 0.4) is 0 Å². The molecular weight excluding hydrogens is 416 g/mol. The molecule has 0 unspecified atom stereocenters. The molecule has 0 saturated heterocycles. The second-order valence-corrected chi connectivity index (χ2v) is 7.42. The molecule has 1 heterocycles. The lowest BCUT2D eigenvalue weighted by Crippen LogP contribution is -2.12. The number of aromatic nitrogens is 1. The normalized spacial score (nSPS) is 10.6. The topological polar surface area (TPSA) is 73.6 Å². The Balaban J connectivity index is 1.24. The molecule has 1 N–H and O–H groups in total. The van der Waals surface area contributed by atoms with Gasteiger partial charge in [0.05, 0.1) is 12.8 Å². The molecule has 0 aliphatic rings. The summed E-state index contributed by atoms with van der Waals surface area (Å²) >= 11 is 0. The molecule has 3 aromatic carbocycles. The summed E-state index contributed by atoms with van der Waals surface area (Å²) in [7, 11) is 0. The Bertz CT molecular complexity index is 1150. The molecule has 0 atom stereocenters. The molecule has 0 fully saturated rings. The van der Waals surface area contributed by atoms with Crippen LogP contribution in [0.1, 0.15) is 24.8 Å². The Morgan fingerprint density at radius 3 is 2.33 bits per heavy atom. The predicted octanol–water partition coefficient (Wildman–Crippen LogP) is 5.89. The van der Waals surface area contributed by atoms with Gasteiger partial charge in [0.25, 0.3) is 0 Å². The maximum atomic E-state index is 12.3. The van der Waals surface area contributed by atoms with Crippen molar-refractivity contribution in [2.75, 3.05) is 11.9 Å². The number of rotatable bonds is 10. The fourth-order valence-corrected chi connectivity index (χ4v) is 3.26. The van der Waals surface area contributed by atoms with Crippen LogP contribution in [-0.2, 0) is 17.8 Å². The van der Waals surface area contributed by atoms with Gasteiger partial charge in [-0.05, 0) is 61.0 Å². The number of hydrogen-bond acceptors (Lipinski definition) is 5. The monoisotopic (exact) mass is 442 g/mol. The number of ether oxygens (including phenoxy) is 2. The average Bonchev–Trinajstić information content (AvgIpc) is 3.33. The quantitative estimate of drug-likeness (QED) is 0.331. The highest BCUT2D eigenvalue weighted by molar-refractivity contribution is 5.90. The van der Waals surface area contributed by atoms with E-state index >= 15 is 0 Å². The van der Waals surface area contributed by atoms with E-state index in [1.54, 1.807) is 6.20 Å². The summed E-state index contributed by atoms with van der Waals surface area (Å²) in [4.78, 5) is 16.6. The minimum Gasteiger partial charge on any atom is -0.494 e. The molecule has 0 bridgehead atoms. The van der Waals surface area contributed by atoms with Crippen LogP contribution in [0.25, 0.3) is 11.3 Å². The summed E-state index contributed by atoms with van der Waals surface area (Å²) in [5.41, 5.74) is 2.73. The fraction of sp³-hybridized carbons (Fsp3) is 0.185. The molecule has 0 radical (unpaired) electrons. The average molecular weight is 443 g/mol. The van der Waals surface area contributed by atoms with E-state index in [0.717, 1.165) is 28.3 Å². The zero-order valence-electron chi connectivity index (χ0n) is 18.5. The second-order valence-electron chi connectivity index (χ2n) is 7.42. The molecular formula is C27H26N2O4. The van der Waals surface area contributed by atoms with Crippen LogP contribution < -0.4 is 14.8 Å². The van der Waals surface area contributed by atoms with Gasteiger partial charge in [0.15, 0.2) is 11.7 Å². The van der Waals surface area contributed by atoms with E-state index in [2.05, 4.69) is 10.3 Å². The smallest absolute Gasteiger partial charge is 0.224 e. The zero-order valence-corrected chi connectivity index (χ0v) is 18.5. The van der Waals surface area contributed by atoms with E-state index in [1.807, 2.05) is 85.8 Å². The van der Waals surface area contributed by atoms with Crippen molar-refractivity contribution in [3.63, 3.8) is 0 Å². The highest BCUT2D eigenvalue weighted by Gasteiger charge is 2.10. The molecule has 0 aliphatic heterocycles. The van der Waals surface area contributed by atoms with Crippen molar-refractivity contribution in [1.82, 2.24) is 4.98 Å². The van der Waals surface area contributed by atoms with Gasteiger partial charge in [-0.15, -0.1) is 0 Å². The van der Waals surface area contributed by atoms with Crippen LogP contribution in [0.2, 0.25) is 0 Å². The van der Waals surface area contributed by atoms with Crippen molar-refractivity contribution < 1.29 is 18.7 Å². The molecule has 6 nitrogen and oxygen atoms in total. The molecule has 1 amide bonds. The maximum Gasteiger partial charge on any atom is 0.224 e. The lowest BCUT2D eigenvalue weighted by atomic mass is 10.2. The highest BCUT2D eigenvalue weighted by atomic mass is 16.5. The number of nitrogens with one attached hydrogen (secondary N) is 1. The number of nitrogens with zero attached hydrogens (tertiary/aromatic N) is 1. The number of carbonyl (C=O) groups is 1. The van der Waals surface area contributed by atoms with Gasteiger partial charge >= 0.3 is 0 Å². The van der Waals surface area contributed by atoms with Crippen LogP contribution in [0.5, 0.6) is 11.5 Å². The highest BCUT2D eigenvalue weighted by Crippen LogP contribution is 2.24. The number of hydrogen-bond donors (Lipinski definition) is 1. The SMILES string of the molecule is CCOc1ccc(-c2cnc(CCC(=O)Nc3ccc(OCc4ccccc4)cc3)o2)cc1. The van der Waals surface area contributed by atoms with E-state index < -0.39 is 0 Å². The van der Waals surface area contributed by atoms with Crippen molar-refractivity contribution in [2.24, 2.45) is 0 Å². The number of carbonyl (C=O) groups excluding carboxylic acids is 1. The molecule has 0 saturated carbocycles. The molecule has 0 aliphatic carbocycles. The summed E-state index contributed by atoms with van der Waals surface area (Å²) in [6.45, 7) is 3.07. The van der Waals surface area contributed by atoms with Gasteiger partial charge in [-0.2, -0.15) is 0 Å². The van der Waals surface area contributed by atoms with E-state index in [0.29, 0.717) is 31.3 Å². The Morgan fingerprint density at radius 2 is 1.61 bits per heavy atom. The zero-order chi connectivity index (χ0) is 22.9. The third-order valence-corrected chi connectivity index (χ3v) is 4.96. The lowest BCUT2D eigenvalue weighted by Gasteiger charge is -2.08. The van der Waals surface area contributed by atoms with Gasteiger partial charge in [-0.3, -0.25) is 4.79 Å². The molecule has 168 valence electrons. The van der Waals surface area contributed by atoms with Crippen LogP contribution in [0, 0.1) is 0 Å². The Hall–Kier alpha value is -4.06. The second kappa shape index (κ2) is 11.0. The van der Waals surface area contributed by atoms with E-state index in [-0.39, 0.29) is 12.3 Å². The van der Waals surface area contributed by atoms with Crippen molar-refractivity contribution in [2.45, 2.75) is 26.4 Å². The third-order valence-electron chi connectivity index (χ3n) is 4.96. The standard InChI is InChI=1S/C27H26N2O4/c1-2-31-23-12-8-21(9-13-23)25-18-28-27(33-25)17-16-26(30)29-22-10-14-24(15-11-22)32-19-20-6-4-3-5-7-20/h3-15,18H,2,16-17,19H2,1H3,(H,29,30). The van der Waals surface area contributed by atoms with E-state index in [1.165, 1.54) is 0 Å². The van der Waals surface area contributed by atoms with Gasteiger partial charge in [-0.25, -0.2) is 4.98 Å². The van der Waals surface area contributed by atoms with Gasteiger partial charge in [0.1, 0.15) is 18.1 Å². The number of anilines is 1. The maximum absolute atomic E-state index is 12.3.